The molecule has 1 aromatic carbocycles. The minimum absolute atomic E-state index is 0.0322. The molecular weight excluding hydrogens is 218 g/mol. The number of benzene rings is 1. The second-order valence-electron chi connectivity index (χ2n) is 3.71. The van der Waals surface area contributed by atoms with Gasteiger partial charge in [-0.1, -0.05) is 6.92 Å². The van der Waals surface area contributed by atoms with E-state index < -0.39 is 0 Å². The summed E-state index contributed by atoms with van der Waals surface area (Å²) in [5, 5.41) is 2.47. The lowest BCUT2D eigenvalue weighted by atomic mass is 10.1. The molecule has 4 nitrogen and oxygen atoms in total. The van der Waals surface area contributed by atoms with Crippen molar-refractivity contribution in [3.8, 4) is 5.75 Å². The van der Waals surface area contributed by atoms with Gasteiger partial charge in [0, 0.05) is 12.5 Å². The van der Waals surface area contributed by atoms with Gasteiger partial charge in [-0.15, -0.1) is 0 Å². The standard InChI is InChI=1S/C13H17NO3/c1-3-8-17-12-6-4-11(5-7-12)13(16)9-14-10(2)15/h4-7H,3,8-9H2,1-2H3,(H,14,15). The van der Waals surface area contributed by atoms with Crippen LogP contribution in [0.15, 0.2) is 24.3 Å². The zero-order valence-electron chi connectivity index (χ0n) is 10.2. The monoisotopic (exact) mass is 235 g/mol. The lowest BCUT2D eigenvalue weighted by Gasteiger charge is -2.05. The van der Waals surface area contributed by atoms with Gasteiger partial charge in [0.1, 0.15) is 5.75 Å². The van der Waals surface area contributed by atoms with Crippen LogP contribution in [0.3, 0.4) is 0 Å². The summed E-state index contributed by atoms with van der Waals surface area (Å²) in [5.41, 5.74) is 0.572. The summed E-state index contributed by atoms with van der Waals surface area (Å²) in [6.45, 7) is 4.12. The highest BCUT2D eigenvalue weighted by Crippen LogP contribution is 2.12. The first-order chi connectivity index (χ1) is 8.13. The molecule has 0 aliphatic carbocycles. The molecule has 0 saturated carbocycles. The van der Waals surface area contributed by atoms with Crippen LogP contribution in [0.25, 0.3) is 0 Å². The molecular formula is C13H17NO3. The van der Waals surface area contributed by atoms with E-state index in [9.17, 15) is 9.59 Å². The van der Waals surface area contributed by atoms with Gasteiger partial charge in [0.05, 0.1) is 13.2 Å². The topological polar surface area (TPSA) is 55.4 Å². The van der Waals surface area contributed by atoms with Crippen LogP contribution in [0.5, 0.6) is 5.75 Å². The van der Waals surface area contributed by atoms with Crippen molar-refractivity contribution >= 4 is 11.7 Å². The SMILES string of the molecule is CCCOc1ccc(C(=O)CNC(C)=O)cc1. The maximum atomic E-state index is 11.6. The molecule has 92 valence electrons. The molecule has 0 radical (unpaired) electrons. The quantitative estimate of drug-likeness (QED) is 0.765. The molecule has 0 spiro atoms. The Balaban J connectivity index is 2.54. The van der Waals surface area contributed by atoms with E-state index in [1.165, 1.54) is 6.92 Å². The third kappa shape index (κ3) is 4.68. The van der Waals surface area contributed by atoms with E-state index in [4.69, 9.17) is 4.74 Å². The molecule has 0 unspecified atom stereocenters. The van der Waals surface area contributed by atoms with Crippen LogP contribution in [-0.2, 0) is 4.79 Å². The van der Waals surface area contributed by atoms with Crippen LogP contribution in [0.4, 0.5) is 0 Å². The summed E-state index contributed by atoms with van der Waals surface area (Å²) in [5.74, 6) is 0.436. The van der Waals surface area contributed by atoms with E-state index in [2.05, 4.69) is 5.32 Å². The summed E-state index contributed by atoms with van der Waals surface area (Å²) in [7, 11) is 0. The molecule has 0 bridgehead atoms. The van der Waals surface area contributed by atoms with Crippen LogP contribution in [0.1, 0.15) is 30.6 Å². The van der Waals surface area contributed by atoms with E-state index in [1.54, 1.807) is 24.3 Å². The first-order valence-electron chi connectivity index (χ1n) is 5.64. The highest BCUT2D eigenvalue weighted by Gasteiger charge is 2.06. The average molecular weight is 235 g/mol. The molecule has 4 heteroatoms. The Kier molecular flexibility index (Phi) is 5.20. The zero-order chi connectivity index (χ0) is 12.7. The Labute approximate surface area is 101 Å². The molecule has 0 aliphatic rings. The Bertz CT molecular complexity index is 384. The maximum absolute atomic E-state index is 11.6. The number of hydrogen-bond acceptors (Lipinski definition) is 3. The number of hydrogen-bond donors (Lipinski definition) is 1. The fourth-order valence-corrected chi connectivity index (χ4v) is 1.26. The molecule has 1 rings (SSSR count). The molecule has 1 aromatic rings. The smallest absolute Gasteiger partial charge is 0.217 e. The second kappa shape index (κ2) is 6.68. The van der Waals surface area contributed by atoms with Crippen molar-refractivity contribution in [1.29, 1.82) is 0 Å². The summed E-state index contributed by atoms with van der Waals surface area (Å²) < 4.78 is 5.41. The minimum atomic E-state index is -0.207. The first-order valence-corrected chi connectivity index (χ1v) is 5.64. The summed E-state index contributed by atoms with van der Waals surface area (Å²) in [6, 6.07) is 6.93. The number of Topliss-reactive ketones (excluding diaryl/α,β-unsaturated/α-hetero) is 1. The van der Waals surface area contributed by atoms with Gasteiger partial charge in [-0.2, -0.15) is 0 Å². The van der Waals surface area contributed by atoms with Gasteiger partial charge in [0.25, 0.3) is 0 Å². The molecule has 0 atom stereocenters. The van der Waals surface area contributed by atoms with E-state index in [1.807, 2.05) is 6.92 Å². The van der Waals surface area contributed by atoms with Crippen LogP contribution in [0.2, 0.25) is 0 Å². The lowest BCUT2D eigenvalue weighted by Crippen LogP contribution is -2.27. The molecule has 1 amide bonds. The van der Waals surface area contributed by atoms with Crippen molar-refractivity contribution in [2.45, 2.75) is 20.3 Å². The largest absolute Gasteiger partial charge is 0.494 e. The van der Waals surface area contributed by atoms with Crippen molar-refractivity contribution in [3.63, 3.8) is 0 Å². The fraction of sp³-hybridized carbons (Fsp3) is 0.385. The number of ketones is 1. The predicted molar refractivity (Wildman–Crippen MR) is 65.2 cm³/mol. The predicted octanol–water partition coefficient (Wildman–Crippen LogP) is 1.79. The third-order valence-corrected chi connectivity index (χ3v) is 2.15. The van der Waals surface area contributed by atoms with Crippen LogP contribution >= 0.6 is 0 Å². The number of amides is 1. The number of rotatable bonds is 6. The Morgan fingerprint density at radius 3 is 2.41 bits per heavy atom. The fourth-order valence-electron chi connectivity index (χ4n) is 1.26. The Hall–Kier alpha value is -1.84. The van der Waals surface area contributed by atoms with Gasteiger partial charge in [-0.05, 0) is 30.7 Å². The lowest BCUT2D eigenvalue weighted by molar-refractivity contribution is -0.118. The number of carbonyl (C=O) groups is 2. The number of nitrogens with one attached hydrogen (secondary N) is 1. The van der Waals surface area contributed by atoms with Gasteiger partial charge in [0.2, 0.25) is 5.91 Å². The van der Waals surface area contributed by atoms with Crippen LogP contribution in [0, 0.1) is 0 Å². The molecule has 0 fully saturated rings. The summed E-state index contributed by atoms with van der Waals surface area (Å²) in [4.78, 5) is 22.3. The summed E-state index contributed by atoms with van der Waals surface area (Å²) in [6.07, 6.45) is 0.948. The van der Waals surface area contributed by atoms with Crippen molar-refractivity contribution in [2.24, 2.45) is 0 Å². The van der Waals surface area contributed by atoms with Crippen LogP contribution < -0.4 is 10.1 Å². The van der Waals surface area contributed by atoms with Crippen LogP contribution in [-0.4, -0.2) is 24.8 Å². The van der Waals surface area contributed by atoms with Gasteiger partial charge in [-0.25, -0.2) is 0 Å². The molecule has 0 saturated heterocycles. The van der Waals surface area contributed by atoms with E-state index in [0.29, 0.717) is 12.2 Å². The molecule has 1 N–H and O–H groups in total. The van der Waals surface area contributed by atoms with Crippen molar-refractivity contribution in [2.75, 3.05) is 13.2 Å². The van der Waals surface area contributed by atoms with E-state index >= 15 is 0 Å². The minimum Gasteiger partial charge on any atom is -0.494 e. The average Bonchev–Trinajstić information content (AvgIpc) is 2.34. The second-order valence-corrected chi connectivity index (χ2v) is 3.71. The van der Waals surface area contributed by atoms with Gasteiger partial charge < -0.3 is 10.1 Å². The van der Waals surface area contributed by atoms with Crippen molar-refractivity contribution in [3.05, 3.63) is 29.8 Å². The van der Waals surface area contributed by atoms with Gasteiger partial charge in [0.15, 0.2) is 5.78 Å². The van der Waals surface area contributed by atoms with E-state index in [-0.39, 0.29) is 18.2 Å². The Morgan fingerprint density at radius 2 is 1.88 bits per heavy atom. The molecule has 0 aliphatic heterocycles. The molecule has 17 heavy (non-hydrogen) atoms. The summed E-state index contributed by atoms with van der Waals surface area (Å²) >= 11 is 0. The van der Waals surface area contributed by atoms with E-state index in [0.717, 1.165) is 12.2 Å². The normalized spacial score (nSPS) is 9.76. The molecule has 0 aromatic heterocycles. The molecule has 0 heterocycles. The first kappa shape index (κ1) is 13.2. The third-order valence-electron chi connectivity index (χ3n) is 2.15. The zero-order valence-corrected chi connectivity index (χ0v) is 10.2. The van der Waals surface area contributed by atoms with Gasteiger partial charge in [-0.3, -0.25) is 9.59 Å². The van der Waals surface area contributed by atoms with Crippen molar-refractivity contribution < 1.29 is 14.3 Å². The highest BCUT2D eigenvalue weighted by molar-refractivity contribution is 5.99. The Morgan fingerprint density at radius 1 is 1.24 bits per heavy atom. The number of carbonyl (C=O) groups excluding carboxylic acids is 2. The van der Waals surface area contributed by atoms with Gasteiger partial charge >= 0.3 is 0 Å². The maximum Gasteiger partial charge on any atom is 0.217 e. The highest BCUT2D eigenvalue weighted by atomic mass is 16.5. The number of ether oxygens (including phenoxy) is 1. The van der Waals surface area contributed by atoms with Crippen molar-refractivity contribution in [1.82, 2.24) is 5.32 Å².